The lowest BCUT2D eigenvalue weighted by Gasteiger charge is -2.29. The molecule has 11 nitrogen and oxygen atoms in total. The highest BCUT2D eigenvalue weighted by Crippen LogP contribution is 2.44. The van der Waals surface area contributed by atoms with Gasteiger partial charge in [-0.05, 0) is 83.5 Å². The number of carbonyl (C=O) groups is 4. The van der Waals surface area contributed by atoms with Crippen molar-refractivity contribution >= 4 is 23.9 Å². The zero-order valence-electron chi connectivity index (χ0n) is 36.8. The first-order chi connectivity index (χ1) is 31.2. The lowest BCUT2D eigenvalue weighted by molar-refractivity contribution is -0.148. The minimum absolute atomic E-state index is 0.0999. The summed E-state index contributed by atoms with van der Waals surface area (Å²) in [6.45, 7) is 7.78. The van der Waals surface area contributed by atoms with Gasteiger partial charge in [0.15, 0.2) is 0 Å². The molecule has 64 heavy (non-hydrogen) atoms. The molecule has 0 aromatic heterocycles. The van der Waals surface area contributed by atoms with Crippen molar-refractivity contribution in [3.63, 3.8) is 0 Å². The number of alkyl carbamates (subject to hydrolysis) is 1. The van der Waals surface area contributed by atoms with Gasteiger partial charge in [0.2, 0.25) is 11.8 Å². The number of carbonyl (C=O) groups excluding carboxylic acids is 4. The smallest absolute Gasteiger partial charge is 0.407 e. The number of esters is 1. The molecule has 0 spiro atoms. The van der Waals surface area contributed by atoms with E-state index >= 15 is 0 Å². The molecular weight excluding hydrogens is 807 g/mol. The Morgan fingerprint density at radius 3 is 2.06 bits per heavy atom. The number of benzene rings is 4. The molecule has 0 aliphatic heterocycles. The van der Waals surface area contributed by atoms with Gasteiger partial charge in [0, 0.05) is 12.3 Å². The van der Waals surface area contributed by atoms with Crippen LogP contribution in [0.2, 0.25) is 0 Å². The lowest BCUT2D eigenvalue weighted by Crippen LogP contribution is -2.47. The van der Waals surface area contributed by atoms with Crippen LogP contribution in [0.25, 0.3) is 11.1 Å². The van der Waals surface area contributed by atoms with Crippen LogP contribution >= 0.6 is 0 Å². The zero-order chi connectivity index (χ0) is 45.1. The fourth-order valence-electron chi connectivity index (χ4n) is 8.82. The third-order valence-corrected chi connectivity index (χ3v) is 12.2. The minimum atomic E-state index is -0.998. The van der Waals surface area contributed by atoms with Gasteiger partial charge in [0.05, 0.1) is 24.6 Å². The maximum absolute atomic E-state index is 13.9. The summed E-state index contributed by atoms with van der Waals surface area (Å²) < 4.78 is 17.5. The number of aliphatic hydroxyl groups excluding tert-OH is 1. The first kappa shape index (κ1) is 47.3. The molecule has 4 unspecified atom stereocenters. The predicted octanol–water partition coefficient (Wildman–Crippen LogP) is 8.74. The van der Waals surface area contributed by atoms with Crippen molar-refractivity contribution in [2.45, 2.75) is 101 Å². The van der Waals surface area contributed by atoms with Crippen LogP contribution in [0, 0.1) is 11.8 Å². The van der Waals surface area contributed by atoms with Crippen LogP contribution in [0.3, 0.4) is 0 Å². The fraction of sp³-hybridized carbons (Fsp3) is 0.396. The molecule has 4 aromatic rings. The molecule has 4 atom stereocenters. The summed E-state index contributed by atoms with van der Waals surface area (Å²) in [6.07, 6.45) is 9.74. The van der Waals surface area contributed by atoms with E-state index in [2.05, 4.69) is 41.2 Å². The molecule has 11 heteroatoms. The second-order valence-corrected chi connectivity index (χ2v) is 17.0. The van der Waals surface area contributed by atoms with Gasteiger partial charge in [-0.15, -0.1) is 13.2 Å². The van der Waals surface area contributed by atoms with Crippen molar-refractivity contribution in [3.05, 3.63) is 151 Å². The van der Waals surface area contributed by atoms with E-state index in [0.29, 0.717) is 37.5 Å². The number of nitrogens with one attached hydrogen (secondary N) is 3. The number of amides is 3. The first-order valence-electron chi connectivity index (χ1n) is 22.7. The average Bonchev–Trinajstić information content (AvgIpc) is 3.64. The topological polar surface area (TPSA) is 152 Å². The van der Waals surface area contributed by atoms with Gasteiger partial charge >= 0.3 is 12.1 Å². The summed E-state index contributed by atoms with van der Waals surface area (Å²) in [5, 5.41) is 18.9. The molecule has 6 rings (SSSR count). The van der Waals surface area contributed by atoms with E-state index < -0.39 is 36.1 Å². The van der Waals surface area contributed by atoms with E-state index in [4.69, 9.17) is 14.2 Å². The summed E-state index contributed by atoms with van der Waals surface area (Å²) >= 11 is 0. The fourth-order valence-corrected chi connectivity index (χ4v) is 8.82. The van der Waals surface area contributed by atoms with Crippen molar-refractivity contribution < 1.29 is 38.5 Å². The van der Waals surface area contributed by atoms with Crippen molar-refractivity contribution in [2.75, 3.05) is 19.8 Å². The maximum atomic E-state index is 13.9. The standard InChI is InChI=1S/C53H63N3O8/c1-3-5-25-49(56-53(61)64-36-48-46-23-14-12-21-44(46)45-22-13-15-24-47(45)48)52(60)63-35-42(31-37-17-8-6-9-18-37)55-51(59)40(16-4-2)32-50(58)54-41(33-57)30-38-26-28-43(29-27-38)62-34-39-19-10-7-11-20-39/h3-4,7,10-15,19-24,26-29,37,40-42,48-49,57H,1-2,5-6,8-9,16-18,25,30-36H2,(H,54,58)(H,55,59)(H,56,61). The Hall–Kier alpha value is -6.20. The van der Waals surface area contributed by atoms with E-state index in [1.54, 1.807) is 12.2 Å². The molecule has 0 bridgehead atoms. The molecule has 0 heterocycles. The quantitative estimate of drug-likeness (QED) is 0.0403. The van der Waals surface area contributed by atoms with Crippen LogP contribution in [0.4, 0.5) is 4.79 Å². The largest absolute Gasteiger partial charge is 0.489 e. The normalized spacial score (nSPS) is 15.3. The van der Waals surface area contributed by atoms with Crippen molar-refractivity contribution in [3.8, 4) is 16.9 Å². The van der Waals surface area contributed by atoms with Gasteiger partial charge in [-0.3, -0.25) is 9.59 Å². The Labute approximate surface area is 377 Å². The van der Waals surface area contributed by atoms with E-state index in [1.165, 1.54) is 0 Å². The summed E-state index contributed by atoms with van der Waals surface area (Å²) in [5.74, 6) is -1.18. The highest BCUT2D eigenvalue weighted by molar-refractivity contribution is 5.86. The molecule has 4 aromatic carbocycles. The monoisotopic (exact) mass is 869 g/mol. The van der Waals surface area contributed by atoms with Gasteiger partial charge in [-0.2, -0.15) is 0 Å². The number of aliphatic hydroxyl groups is 1. The lowest BCUT2D eigenvalue weighted by atomic mass is 9.84. The Morgan fingerprint density at radius 1 is 0.734 bits per heavy atom. The third kappa shape index (κ3) is 13.9. The van der Waals surface area contributed by atoms with Crippen LogP contribution in [0.1, 0.15) is 92.4 Å². The molecule has 2 aliphatic carbocycles. The molecule has 2 aliphatic rings. The second kappa shape index (κ2) is 24.6. The molecule has 1 saturated carbocycles. The molecule has 4 N–H and O–H groups in total. The second-order valence-electron chi connectivity index (χ2n) is 17.0. The highest BCUT2D eigenvalue weighted by atomic mass is 16.6. The van der Waals surface area contributed by atoms with Gasteiger partial charge in [0.25, 0.3) is 0 Å². The number of hydrogen-bond donors (Lipinski definition) is 4. The van der Waals surface area contributed by atoms with Gasteiger partial charge in [-0.25, -0.2) is 9.59 Å². The van der Waals surface area contributed by atoms with E-state index in [-0.39, 0.29) is 56.8 Å². The van der Waals surface area contributed by atoms with Gasteiger partial charge in [0.1, 0.15) is 31.6 Å². The number of allylic oxidation sites excluding steroid dienone is 2. The van der Waals surface area contributed by atoms with Crippen LogP contribution in [0.5, 0.6) is 5.75 Å². The summed E-state index contributed by atoms with van der Waals surface area (Å²) in [6, 6.07) is 31.5. The molecule has 0 radical (unpaired) electrons. The number of rotatable bonds is 24. The van der Waals surface area contributed by atoms with Crippen LogP contribution in [-0.2, 0) is 36.9 Å². The molecule has 0 saturated heterocycles. The van der Waals surface area contributed by atoms with Crippen molar-refractivity contribution in [1.29, 1.82) is 0 Å². The van der Waals surface area contributed by atoms with Gasteiger partial charge in [-0.1, -0.05) is 135 Å². The SMILES string of the molecule is C=CCCC(NC(=O)OCC1c2ccccc2-c2ccccc21)C(=O)OCC(CC1CCCCC1)NC(=O)C(CC=C)CC(=O)NC(CO)Cc1ccc(OCc2ccccc2)cc1. The summed E-state index contributed by atoms with van der Waals surface area (Å²) in [7, 11) is 0. The zero-order valence-corrected chi connectivity index (χ0v) is 36.8. The average molecular weight is 870 g/mol. The third-order valence-electron chi connectivity index (χ3n) is 12.2. The van der Waals surface area contributed by atoms with Crippen molar-refractivity contribution in [2.24, 2.45) is 11.8 Å². The molecular formula is C53H63N3O8. The highest BCUT2D eigenvalue weighted by Gasteiger charge is 2.31. The number of ether oxygens (including phenoxy) is 3. The molecule has 338 valence electrons. The number of fused-ring (bicyclic) bond motifs is 3. The van der Waals surface area contributed by atoms with Crippen molar-refractivity contribution in [1.82, 2.24) is 16.0 Å². The predicted molar refractivity (Wildman–Crippen MR) is 248 cm³/mol. The Balaban J connectivity index is 1.02. The van der Waals surface area contributed by atoms with Gasteiger partial charge < -0.3 is 35.3 Å². The van der Waals surface area contributed by atoms with Crippen LogP contribution in [0.15, 0.2) is 128 Å². The Morgan fingerprint density at radius 2 is 1.41 bits per heavy atom. The minimum Gasteiger partial charge on any atom is -0.489 e. The van der Waals surface area contributed by atoms with Crippen LogP contribution in [-0.4, -0.2) is 66.9 Å². The first-order valence-corrected chi connectivity index (χ1v) is 22.7. The molecule has 1 fully saturated rings. The number of hydrogen-bond acceptors (Lipinski definition) is 8. The Bertz CT molecular complexity index is 2110. The van der Waals surface area contributed by atoms with E-state index in [9.17, 15) is 24.3 Å². The molecule has 3 amide bonds. The van der Waals surface area contributed by atoms with Crippen LogP contribution < -0.4 is 20.7 Å². The Kier molecular flexibility index (Phi) is 18.2. The summed E-state index contributed by atoms with van der Waals surface area (Å²) in [4.78, 5) is 54.2. The van der Waals surface area contributed by atoms with E-state index in [1.807, 2.05) is 91.0 Å². The summed E-state index contributed by atoms with van der Waals surface area (Å²) in [5.41, 5.74) is 6.36. The van der Waals surface area contributed by atoms with E-state index in [0.717, 1.165) is 65.5 Å². The maximum Gasteiger partial charge on any atom is 0.407 e.